The Balaban J connectivity index is 1.65. The molecule has 0 aliphatic carbocycles. The monoisotopic (exact) mass is 378 g/mol. The van der Waals surface area contributed by atoms with Crippen LogP contribution in [0.25, 0.3) is 10.9 Å². The Labute approximate surface area is 164 Å². The van der Waals surface area contributed by atoms with Gasteiger partial charge in [-0.3, -0.25) is 14.5 Å². The number of H-pyrrole nitrogens is 1. The zero-order valence-corrected chi connectivity index (χ0v) is 16.5. The fraction of sp³-hybridized carbons (Fsp3) is 0.318. The van der Waals surface area contributed by atoms with Crippen LogP contribution in [0.3, 0.4) is 0 Å². The van der Waals surface area contributed by atoms with Crippen LogP contribution < -0.4 is 10.9 Å². The van der Waals surface area contributed by atoms with Gasteiger partial charge in [0.05, 0.1) is 30.0 Å². The summed E-state index contributed by atoms with van der Waals surface area (Å²) in [7, 11) is 1.83. The molecule has 1 aromatic heterocycles. The molecule has 3 aromatic rings. The smallest absolute Gasteiger partial charge is 0.258 e. The molecule has 0 fully saturated rings. The van der Waals surface area contributed by atoms with Gasteiger partial charge in [-0.05, 0) is 30.7 Å². The average Bonchev–Trinajstić information content (AvgIpc) is 2.66. The lowest BCUT2D eigenvalue weighted by atomic mass is 9.96. The van der Waals surface area contributed by atoms with Crippen LogP contribution in [0.4, 0.5) is 0 Å². The predicted octanol–water partition coefficient (Wildman–Crippen LogP) is 2.87. The molecule has 1 atom stereocenters. The third-order valence-corrected chi connectivity index (χ3v) is 4.64. The van der Waals surface area contributed by atoms with Crippen molar-refractivity contribution in [2.24, 2.45) is 5.92 Å². The second-order valence-corrected chi connectivity index (χ2v) is 7.40. The second kappa shape index (κ2) is 8.80. The number of fused-ring (bicyclic) bond motifs is 1. The largest absolute Gasteiger partial charge is 0.348 e. The second-order valence-electron chi connectivity index (χ2n) is 7.40. The summed E-state index contributed by atoms with van der Waals surface area (Å²) < 4.78 is 0. The lowest BCUT2D eigenvalue weighted by Crippen LogP contribution is -2.39. The summed E-state index contributed by atoms with van der Waals surface area (Å²) in [5, 5.41) is 3.68. The molecule has 1 heterocycles. The lowest BCUT2D eigenvalue weighted by Gasteiger charge is -2.24. The van der Waals surface area contributed by atoms with Crippen LogP contribution in [-0.4, -0.2) is 34.4 Å². The topological polar surface area (TPSA) is 78.1 Å². The van der Waals surface area contributed by atoms with Gasteiger partial charge in [0.2, 0.25) is 5.91 Å². The third kappa shape index (κ3) is 4.84. The van der Waals surface area contributed by atoms with E-state index in [1.54, 1.807) is 6.07 Å². The van der Waals surface area contributed by atoms with Crippen LogP contribution in [0.1, 0.15) is 31.3 Å². The van der Waals surface area contributed by atoms with Crippen LogP contribution in [-0.2, 0) is 11.3 Å². The Morgan fingerprint density at radius 3 is 2.50 bits per heavy atom. The number of para-hydroxylation sites is 1. The molecule has 0 aliphatic heterocycles. The number of benzene rings is 2. The molecule has 6 heteroatoms. The number of likely N-dealkylation sites (N-methyl/N-ethyl adjacent to an activating group) is 1. The van der Waals surface area contributed by atoms with Crippen molar-refractivity contribution < 1.29 is 4.79 Å². The van der Waals surface area contributed by atoms with E-state index < -0.39 is 0 Å². The first-order valence-electron chi connectivity index (χ1n) is 9.45. The SMILES string of the molecule is CC(C)[C@@H](NC(=O)CN(C)Cc1nc2ccccc2c(=O)[nH]1)c1ccccc1. The highest BCUT2D eigenvalue weighted by Gasteiger charge is 2.19. The van der Waals surface area contributed by atoms with Crippen LogP contribution in [0.2, 0.25) is 0 Å². The highest BCUT2D eigenvalue weighted by Crippen LogP contribution is 2.21. The fourth-order valence-electron chi connectivity index (χ4n) is 3.28. The summed E-state index contributed by atoms with van der Waals surface area (Å²) in [6.07, 6.45) is 0. The molecule has 0 bridgehead atoms. The molecule has 3 rings (SSSR count). The molecule has 0 saturated carbocycles. The Kier molecular flexibility index (Phi) is 6.21. The molecule has 2 aromatic carbocycles. The van der Waals surface area contributed by atoms with Crippen LogP contribution in [0, 0.1) is 5.92 Å². The number of hydrogen-bond acceptors (Lipinski definition) is 4. The summed E-state index contributed by atoms with van der Waals surface area (Å²) in [6.45, 7) is 4.77. The van der Waals surface area contributed by atoms with Crippen molar-refractivity contribution in [3.63, 3.8) is 0 Å². The van der Waals surface area contributed by atoms with Crippen LogP contribution >= 0.6 is 0 Å². The first-order chi connectivity index (χ1) is 13.4. The van der Waals surface area contributed by atoms with Gasteiger partial charge in [0.1, 0.15) is 5.82 Å². The van der Waals surface area contributed by atoms with Crippen molar-refractivity contribution in [3.05, 3.63) is 76.3 Å². The fourth-order valence-corrected chi connectivity index (χ4v) is 3.28. The van der Waals surface area contributed by atoms with Crippen molar-refractivity contribution in [2.75, 3.05) is 13.6 Å². The molecule has 2 N–H and O–H groups in total. The summed E-state index contributed by atoms with van der Waals surface area (Å²) in [4.78, 5) is 33.9. The number of hydrogen-bond donors (Lipinski definition) is 2. The zero-order chi connectivity index (χ0) is 20.1. The molecule has 0 spiro atoms. The molecular formula is C22H26N4O2. The minimum Gasteiger partial charge on any atom is -0.348 e. The number of nitrogens with one attached hydrogen (secondary N) is 2. The Morgan fingerprint density at radius 1 is 1.11 bits per heavy atom. The normalized spacial score (nSPS) is 12.5. The standard InChI is InChI=1S/C22H26N4O2/c1-15(2)21(16-9-5-4-6-10-16)25-20(27)14-26(3)13-19-23-18-12-8-7-11-17(18)22(28)24-19/h4-12,15,21H,13-14H2,1-3H3,(H,25,27)(H,23,24,28)/t21-/m1/s1. The third-order valence-electron chi connectivity index (χ3n) is 4.64. The molecule has 1 amide bonds. The number of amides is 1. The van der Waals surface area contributed by atoms with E-state index in [0.29, 0.717) is 23.3 Å². The number of rotatable bonds is 7. The van der Waals surface area contributed by atoms with Gasteiger partial charge < -0.3 is 10.3 Å². The van der Waals surface area contributed by atoms with Gasteiger partial charge in [-0.15, -0.1) is 0 Å². The van der Waals surface area contributed by atoms with Gasteiger partial charge in [-0.1, -0.05) is 56.3 Å². The van der Waals surface area contributed by atoms with E-state index in [4.69, 9.17) is 0 Å². The maximum absolute atomic E-state index is 12.6. The van der Waals surface area contributed by atoms with Crippen molar-refractivity contribution in [3.8, 4) is 0 Å². The van der Waals surface area contributed by atoms with E-state index in [9.17, 15) is 9.59 Å². The molecule has 0 radical (unpaired) electrons. The summed E-state index contributed by atoms with van der Waals surface area (Å²) in [5.41, 5.74) is 1.58. The molecule has 0 unspecified atom stereocenters. The minimum absolute atomic E-state index is 0.0410. The molecule has 6 nitrogen and oxygen atoms in total. The van der Waals surface area contributed by atoms with Crippen molar-refractivity contribution in [2.45, 2.75) is 26.4 Å². The zero-order valence-electron chi connectivity index (χ0n) is 16.5. The Hall–Kier alpha value is -2.99. The molecule has 28 heavy (non-hydrogen) atoms. The Morgan fingerprint density at radius 2 is 1.79 bits per heavy atom. The van der Waals surface area contributed by atoms with Crippen molar-refractivity contribution in [1.29, 1.82) is 0 Å². The maximum Gasteiger partial charge on any atom is 0.258 e. The first-order valence-corrected chi connectivity index (χ1v) is 9.45. The maximum atomic E-state index is 12.6. The van der Waals surface area contributed by atoms with E-state index in [-0.39, 0.29) is 30.0 Å². The average molecular weight is 378 g/mol. The van der Waals surface area contributed by atoms with E-state index in [1.807, 2.05) is 60.5 Å². The summed E-state index contributed by atoms with van der Waals surface area (Å²) in [6, 6.07) is 17.2. The number of carbonyl (C=O) groups excluding carboxylic acids is 1. The van der Waals surface area contributed by atoms with Gasteiger partial charge in [0, 0.05) is 0 Å². The quantitative estimate of drug-likeness (QED) is 0.663. The van der Waals surface area contributed by atoms with Gasteiger partial charge in [0.15, 0.2) is 0 Å². The highest BCUT2D eigenvalue weighted by atomic mass is 16.2. The number of nitrogens with zero attached hydrogens (tertiary/aromatic N) is 2. The molecule has 0 saturated heterocycles. The van der Waals surface area contributed by atoms with Gasteiger partial charge in [-0.25, -0.2) is 4.98 Å². The van der Waals surface area contributed by atoms with E-state index >= 15 is 0 Å². The molecule has 146 valence electrons. The Bertz CT molecular complexity index is 998. The van der Waals surface area contributed by atoms with Crippen molar-refractivity contribution >= 4 is 16.8 Å². The van der Waals surface area contributed by atoms with Crippen LogP contribution in [0.15, 0.2) is 59.4 Å². The highest BCUT2D eigenvalue weighted by molar-refractivity contribution is 5.78. The number of aromatic nitrogens is 2. The molecule has 0 aliphatic rings. The van der Waals surface area contributed by atoms with E-state index in [1.165, 1.54) is 0 Å². The first kappa shape index (κ1) is 19.8. The number of carbonyl (C=O) groups is 1. The van der Waals surface area contributed by atoms with E-state index in [2.05, 4.69) is 29.1 Å². The van der Waals surface area contributed by atoms with Crippen LogP contribution in [0.5, 0.6) is 0 Å². The predicted molar refractivity (Wildman–Crippen MR) is 111 cm³/mol. The van der Waals surface area contributed by atoms with Gasteiger partial charge in [-0.2, -0.15) is 0 Å². The molecular weight excluding hydrogens is 352 g/mol. The van der Waals surface area contributed by atoms with Gasteiger partial charge in [0.25, 0.3) is 5.56 Å². The van der Waals surface area contributed by atoms with Crippen molar-refractivity contribution in [1.82, 2.24) is 20.2 Å². The summed E-state index contributed by atoms with van der Waals surface area (Å²) in [5.74, 6) is 0.755. The summed E-state index contributed by atoms with van der Waals surface area (Å²) >= 11 is 0. The minimum atomic E-state index is -0.164. The lowest BCUT2D eigenvalue weighted by molar-refractivity contribution is -0.123. The number of aromatic amines is 1. The van der Waals surface area contributed by atoms with E-state index in [0.717, 1.165) is 5.56 Å². The van der Waals surface area contributed by atoms with Gasteiger partial charge >= 0.3 is 0 Å².